The lowest BCUT2D eigenvalue weighted by atomic mass is 10.2. The molecule has 0 aliphatic rings. The van der Waals surface area contributed by atoms with Gasteiger partial charge in [0.05, 0.1) is 10.1 Å². The second kappa shape index (κ2) is 8.20. The third kappa shape index (κ3) is 11.3. The summed E-state index contributed by atoms with van der Waals surface area (Å²) in [4.78, 5) is 0. The second-order valence-corrected chi connectivity index (χ2v) is 5.27. The van der Waals surface area contributed by atoms with Gasteiger partial charge in [-0.05, 0) is 12.5 Å². The molecule has 4 nitrogen and oxygen atoms in total. The predicted molar refractivity (Wildman–Crippen MR) is 66.5 cm³/mol. The first-order chi connectivity index (χ1) is 7.86. The third-order valence-electron chi connectivity index (χ3n) is 2.10. The van der Waals surface area contributed by atoms with Gasteiger partial charge in [0, 0.05) is 24.3 Å². The molecule has 0 saturated heterocycles. The number of nitrogens with zero attached hydrogens (tertiary/aromatic N) is 1. The molecule has 0 N–H and O–H groups in total. The SMILES string of the molecule is CCCC[n+]1cccc(CC)c1.CS(=O)(=O)[O-]. The van der Waals surface area contributed by atoms with Gasteiger partial charge in [-0.25, -0.2) is 13.0 Å². The van der Waals surface area contributed by atoms with Crippen LogP contribution in [0, 0.1) is 0 Å². The Morgan fingerprint density at radius 2 is 1.94 bits per heavy atom. The van der Waals surface area contributed by atoms with Crippen LogP contribution in [0.4, 0.5) is 0 Å². The molecule has 1 aromatic heterocycles. The molecule has 0 spiro atoms. The topological polar surface area (TPSA) is 61.1 Å². The van der Waals surface area contributed by atoms with Crippen molar-refractivity contribution in [3.63, 3.8) is 0 Å². The lowest BCUT2D eigenvalue weighted by Gasteiger charge is -1.96. The van der Waals surface area contributed by atoms with E-state index in [0.29, 0.717) is 6.26 Å². The maximum absolute atomic E-state index is 9.08. The Labute approximate surface area is 104 Å². The van der Waals surface area contributed by atoms with Crippen molar-refractivity contribution >= 4 is 10.1 Å². The van der Waals surface area contributed by atoms with Gasteiger partial charge < -0.3 is 4.55 Å². The largest absolute Gasteiger partial charge is 0.748 e. The van der Waals surface area contributed by atoms with E-state index in [-0.39, 0.29) is 0 Å². The smallest absolute Gasteiger partial charge is 0.171 e. The van der Waals surface area contributed by atoms with Crippen molar-refractivity contribution in [2.24, 2.45) is 0 Å². The molecule has 17 heavy (non-hydrogen) atoms. The molecule has 0 bridgehead atoms. The normalized spacial score (nSPS) is 10.6. The van der Waals surface area contributed by atoms with Gasteiger partial charge in [0.15, 0.2) is 12.4 Å². The summed E-state index contributed by atoms with van der Waals surface area (Å²) in [5, 5.41) is 0. The van der Waals surface area contributed by atoms with Gasteiger partial charge in [0.2, 0.25) is 0 Å². The van der Waals surface area contributed by atoms with Crippen LogP contribution in [0.5, 0.6) is 0 Å². The fourth-order valence-electron chi connectivity index (χ4n) is 1.27. The first-order valence-electron chi connectivity index (χ1n) is 5.75. The highest BCUT2D eigenvalue weighted by Gasteiger charge is 1.99. The molecular formula is C12H21NO3S. The zero-order valence-electron chi connectivity index (χ0n) is 10.7. The molecule has 0 radical (unpaired) electrons. The van der Waals surface area contributed by atoms with E-state index in [1.807, 2.05) is 0 Å². The van der Waals surface area contributed by atoms with Gasteiger partial charge >= 0.3 is 0 Å². The fraction of sp³-hybridized carbons (Fsp3) is 0.583. The highest BCUT2D eigenvalue weighted by Crippen LogP contribution is 1.95. The highest BCUT2D eigenvalue weighted by molar-refractivity contribution is 7.84. The zero-order valence-corrected chi connectivity index (χ0v) is 11.5. The van der Waals surface area contributed by atoms with Crippen molar-refractivity contribution in [3.05, 3.63) is 30.1 Å². The fourth-order valence-corrected chi connectivity index (χ4v) is 1.27. The summed E-state index contributed by atoms with van der Waals surface area (Å²) in [6.07, 6.45) is 8.67. The Hall–Kier alpha value is -0.940. The molecular weight excluding hydrogens is 238 g/mol. The lowest BCUT2D eigenvalue weighted by molar-refractivity contribution is -0.697. The van der Waals surface area contributed by atoms with Gasteiger partial charge in [-0.1, -0.05) is 20.3 Å². The van der Waals surface area contributed by atoms with Crippen molar-refractivity contribution in [1.29, 1.82) is 0 Å². The summed E-state index contributed by atoms with van der Waals surface area (Å²) < 4.78 is 29.5. The van der Waals surface area contributed by atoms with E-state index in [1.54, 1.807) is 0 Å². The van der Waals surface area contributed by atoms with Crippen LogP contribution in [-0.4, -0.2) is 19.2 Å². The molecule has 1 aromatic rings. The van der Waals surface area contributed by atoms with E-state index in [9.17, 15) is 0 Å². The van der Waals surface area contributed by atoms with Crippen LogP contribution in [-0.2, 0) is 23.1 Å². The number of hydrogen-bond acceptors (Lipinski definition) is 3. The zero-order chi connectivity index (χ0) is 13.3. The average molecular weight is 259 g/mol. The monoisotopic (exact) mass is 259 g/mol. The molecule has 0 aromatic carbocycles. The number of unbranched alkanes of at least 4 members (excludes halogenated alkanes) is 1. The number of pyridine rings is 1. The van der Waals surface area contributed by atoms with Gasteiger partial charge in [-0.3, -0.25) is 0 Å². The first kappa shape index (κ1) is 16.1. The van der Waals surface area contributed by atoms with E-state index in [1.165, 1.54) is 18.4 Å². The Morgan fingerprint density at radius 3 is 2.41 bits per heavy atom. The second-order valence-electron chi connectivity index (χ2n) is 3.86. The summed E-state index contributed by atoms with van der Waals surface area (Å²) >= 11 is 0. The maximum atomic E-state index is 9.08. The van der Waals surface area contributed by atoms with Crippen molar-refractivity contribution in [1.82, 2.24) is 0 Å². The highest BCUT2D eigenvalue weighted by atomic mass is 32.2. The Morgan fingerprint density at radius 1 is 1.35 bits per heavy atom. The van der Waals surface area contributed by atoms with E-state index in [0.717, 1.165) is 13.0 Å². The number of aromatic nitrogens is 1. The minimum absolute atomic E-state index is 0.604. The number of rotatable bonds is 4. The summed E-state index contributed by atoms with van der Waals surface area (Å²) in [6.45, 7) is 5.58. The molecule has 0 unspecified atom stereocenters. The maximum Gasteiger partial charge on any atom is 0.171 e. The molecule has 0 fully saturated rings. The number of aryl methyl sites for hydroxylation is 2. The third-order valence-corrected chi connectivity index (χ3v) is 2.10. The van der Waals surface area contributed by atoms with E-state index in [4.69, 9.17) is 13.0 Å². The Balaban J connectivity index is 0.000000437. The van der Waals surface area contributed by atoms with Crippen LogP contribution in [0.3, 0.4) is 0 Å². The van der Waals surface area contributed by atoms with Crippen molar-refractivity contribution in [2.75, 3.05) is 6.26 Å². The molecule has 0 aliphatic heterocycles. The first-order valence-corrected chi connectivity index (χ1v) is 7.57. The minimum Gasteiger partial charge on any atom is -0.748 e. The van der Waals surface area contributed by atoms with Crippen LogP contribution >= 0.6 is 0 Å². The standard InChI is InChI=1S/C11H18N.CH4O3S/c1-3-5-8-12-9-6-7-11(4-2)10-12;1-5(2,3)4/h6-7,9-10H,3-5,8H2,1-2H3;1H3,(H,2,3,4)/q+1;/p-1. The van der Waals surface area contributed by atoms with Gasteiger partial charge in [-0.15, -0.1) is 0 Å². The van der Waals surface area contributed by atoms with Crippen LogP contribution in [0.1, 0.15) is 32.3 Å². The lowest BCUT2D eigenvalue weighted by Crippen LogP contribution is -2.33. The van der Waals surface area contributed by atoms with Gasteiger partial charge in [-0.2, -0.15) is 0 Å². The molecule has 98 valence electrons. The molecule has 0 aliphatic carbocycles. The molecule has 0 atom stereocenters. The Kier molecular flexibility index (Phi) is 7.74. The molecule has 0 saturated carbocycles. The van der Waals surface area contributed by atoms with E-state index >= 15 is 0 Å². The average Bonchev–Trinajstić information content (AvgIpc) is 2.24. The van der Waals surface area contributed by atoms with Crippen LogP contribution in [0.25, 0.3) is 0 Å². The summed E-state index contributed by atoms with van der Waals surface area (Å²) in [6, 6.07) is 4.32. The Bertz CT molecular complexity index is 408. The predicted octanol–water partition coefficient (Wildman–Crippen LogP) is 1.50. The molecule has 5 heteroatoms. The van der Waals surface area contributed by atoms with Gasteiger partial charge in [0.25, 0.3) is 0 Å². The molecule has 1 heterocycles. The van der Waals surface area contributed by atoms with Gasteiger partial charge in [0.1, 0.15) is 6.54 Å². The summed E-state index contributed by atoms with van der Waals surface area (Å²) in [5.74, 6) is 0. The minimum atomic E-state index is -3.92. The van der Waals surface area contributed by atoms with Crippen LogP contribution in [0.15, 0.2) is 24.5 Å². The van der Waals surface area contributed by atoms with Crippen molar-refractivity contribution < 1.29 is 17.5 Å². The van der Waals surface area contributed by atoms with E-state index in [2.05, 4.69) is 42.9 Å². The van der Waals surface area contributed by atoms with Crippen LogP contribution in [0.2, 0.25) is 0 Å². The van der Waals surface area contributed by atoms with E-state index < -0.39 is 10.1 Å². The summed E-state index contributed by atoms with van der Waals surface area (Å²) in [7, 11) is -3.92. The summed E-state index contributed by atoms with van der Waals surface area (Å²) in [5.41, 5.74) is 1.42. The number of hydrogen-bond donors (Lipinski definition) is 0. The van der Waals surface area contributed by atoms with Crippen LogP contribution < -0.4 is 4.57 Å². The van der Waals surface area contributed by atoms with Crippen molar-refractivity contribution in [2.45, 2.75) is 39.7 Å². The molecule has 0 amide bonds. The molecule has 1 rings (SSSR count). The quantitative estimate of drug-likeness (QED) is 0.608. The van der Waals surface area contributed by atoms with Crippen molar-refractivity contribution in [3.8, 4) is 0 Å².